The molecule has 0 radical (unpaired) electrons. The minimum absolute atomic E-state index is 0.231. The molecular formula is C12H13NO2. The minimum atomic E-state index is -0.484. The molecule has 0 aliphatic heterocycles. The number of benzene rings is 1. The first-order chi connectivity index (χ1) is 7.10. The van der Waals surface area contributed by atoms with E-state index in [-0.39, 0.29) is 5.75 Å². The molecule has 3 nitrogen and oxygen atoms in total. The largest absolute Gasteiger partial charge is 0.508 e. The number of aliphatic imine (C=N–C) groups is 1. The molecule has 78 valence electrons. The summed E-state index contributed by atoms with van der Waals surface area (Å²) < 4.78 is 0. The lowest BCUT2D eigenvalue weighted by atomic mass is 9.95. The fourth-order valence-electron chi connectivity index (χ4n) is 2.01. The van der Waals surface area contributed by atoms with Crippen LogP contribution in [-0.2, 0) is 10.3 Å². The number of nitrogens with zero attached hydrogens (tertiary/aromatic N) is 1. The Morgan fingerprint density at radius 3 is 2.60 bits per heavy atom. The maximum atomic E-state index is 10.4. The molecule has 1 N–H and O–H groups in total. The van der Waals surface area contributed by atoms with Crippen molar-refractivity contribution in [2.75, 3.05) is 0 Å². The molecule has 0 bridgehead atoms. The average Bonchev–Trinajstić information content (AvgIpc) is 2.94. The van der Waals surface area contributed by atoms with Crippen LogP contribution in [0, 0.1) is 13.8 Å². The van der Waals surface area contributed by atoms with Gasteiger partial charge in [-0.15, -0.1) is 0 Å². The lowest BCUT2D eigenvalue weighted by molar-refractivity contribution is 0.458. The first kappa shape index (κ1) is 9.94. The SMILES string of the molecule is Cc1ccc(O)c(C2(N=C=O)CC2)c1C. The van der Waals surface area contributed by atoms with Crippen LogP contribution in [0.5, 0.6) is 5.75 Å². The number of aromatic hydroxyl groups is 1. The van der Waals surface area contributed by atoms with Gasteiger partial charge in [-0.3, -0.25) is 0 Å². The molecule has 1 aliphatic rings. The summed E-state index contributed by atoms with van der Waals surface area (Å²) in [7, 11) is 0. The zero-order chi connectivity index (χ0) is 11.1. The quantitative estimate of drug-likeness (QED) is 0.592. The van der Waals surface area contributed by atoms with E-state index in [4.69, 9.17) is 0 Å². The smallest absolute Gasteiger partial charge is 0.235 e. The second-order valence-corrected chi connectivity index (χ2v) is 4.14. The van der Waals surface area contributed by atoms with Crippen LogP contribution < -0.4 is 0 Å². The van der Waals surface area contributed by atoms with E-state index in [1.807, 2.05) is 19.9 Å². The van der Waals surface area contributed by atoms with E-state index in [9.17, 15) is 9.90 Å². The number of hydrogen-bond donors (Lipinski definition) is 1. The van der Waals surface area contributed by atoms with Gasteiger partial charge in [-0.1, -0.05) is 6.07 Å². The average molecular weight is 203 g/mol. The Bertz CT molecular complexity index is 455. The summed E-state index contributed by atoms with van der Waals surface area (Å²) in [4.78, 5) is 14.2. The molecule has 1 aromatic rings. The van der Waals surface area contributed by atoms with Crippen molar-refractivity contribution in [3.05, 3.63) is 28.8 Å². The van der Waals surface area contributed by atoms with Gasteiger partial charge < -0.3 is 5.11 Å². The van der Waals surface area contributed by atoms with Crippen LogP contribution in [0.15, 0.2) is 17.1 Å². The van der Waals surface area contributed by atoms with Crippen LogP contribution in [-0.4, -0.2) is 11.2 Å². The third kappa shape index (κ3) is 1.45. The standard InChI is InChI=1S/C12H13NO2/c1-8-3-4-10(15)11(9(8)2)12(5-6-12)13-7-14/h3-4,15H,5-6H2,1-2H3. The molecule has 15 heavy (non-hydrogen) atoms. The first-order valence-corrected chi connectivity index (χ1v) is 4.99. The number of isocyanates is 1. The molecule has 0 aromatic heterocycles. The van der Waals surface area contributed by atoms with E-state index in [1.54, 1.807) is 12.1 Å². The molecule has 3 heteroatoms. The summed E-state index contributed by atoms with van der Waals surface area (Å²) in [5.74, 6) is 0.231. The Balaban J connectivity index is 2.62. The first-order valence-electron chi connectivity index (χ1n) is 4.99. The van der Waals surface area contributed by atoms with Crippen molar-refractivity contribution in [3.63, 3.8) is 0 Å². The fraction of sp³-hybridized carbons (Fsp3) is 0.417. The fourth-order valence-corrected chi connectivity index (χ4v) is 2.01. The third-order valence-corrected chi connectivity index (χ3v) is 3.16. The molecule has 0 amide bonds. The van der Waals surface area contributed by atoms with Crippen LogP contribution in [0.4, 0.5) is 0 Å². The highest BCUT2D eigenvalue weighted by Gasteiger charge is 2.47. The molecular weight excluding hydrogens is 190 g/mol. The number of hydrogen-bond acceptors (Lipinski definition) is 3. The van der Waals surface area contributed by atoms with Gasteiger partial charge in [0.1, 0.15) is 11.3 Å². The van der Waals surface area contributed by atoms with Gasteiger partial charge in [0.05, 0.1) is 0 Å². The van der Waals surface area contributed by atoms with E-state index in [2.05, 4.69) is 4.99 Å². The van der Waals surface area contributed by atoms with Crippen molar-refractivity contribution < 1.29 is 9.90 Å². The summed E-state index contributed by atoms with van der Waals surface area (Å²) >= 11 is 0. The van der Waals surface area contributed by atoms with Gasteiger partial charge in [0, 0.05) is 5.56 Å². The van der Waals surface area contributed by atoms with Gasteiger partial charge >= 0.3 is 0 Å². The molecule has 2 rings (SSSR count). The second kappa shape index (κ2) is 3.21. The van der Waals surface area contributed by atoms with Crippen molar-refractivity contribution in [2.24, 2.45) is 4.99 Å². The van der Waals surface area contributed by atoms with Gasteiger partial charge in [0.2, 0.25) is 6.08 Å². The predicted octanol–water partition coefficient (Wildman–Crippen LogP) is 2.33. The highest BCUT2D eigenvalue weighted by atomic mass is 16.3. The molecule has 1 saturated carbocycles. The highest BCUT2D eigenvalue weighted by molar-refractivity contribution is 5.52. The van der Waals surface area contributed by atoms with Crippen LogP contribution in [0.25, 0.3) is 0 Å². The zero-order valence-electron chi connectivity index (χ0n) is 8.87. The second-order valence-electron chi connectivity index (χ2n) is 4.14. The van der Waals surface area contributed by atoms with E-state index in [0.29, 0.717) is 0 Å². The van der Waals surface area contributed by atoms with Crippen molar-refractivity contribution in [1.29, 1.82) is 0 Å². The summed E-state index contributed by atoms with van der Waals surface area (Å²) in [6.45, 7) is 3.93. The molecule has 0 unspecified atom stereocenters. The van der Waals surface area contributed by atoms with Crippen LogP contribution in [0.1, 0.15) is 29.5 Å². The van der Waals surface area contributed by atoms with Crippen molar-refractivity contribution in [2.45, 2.75) is 32.2 Å². The minimum Gasteiger partial charge on any atom is -0.508 e. The van der Waals surface area contributed by atoms with Crippen LogP contribution in [0.3, 0.4) is 0 Å². The van der Waals surface area contributed by atoms with Gasteiger partial charge in [0.15, 0.2) is 0 Å². The van der Waals surface area contributed by atoms with Gasteiger partial charge in [-0.25, -0.2) is 4.79 Å². The molecule has 0 spiro atoms. The van der Waals surface area contributed by atoms with Crippen molar-refractivity contribution in [3.8, 4) is 5.75 Å². The lowest BCUT2D eigenvalue weighted by Crippen LogP contribution is -2.06. The summed E-state index contributed by atoms with van der Waals surface area (Å²) in [6, 6.07) is 3.53. The Kier molecular flexibility index (Phi) is 2.13. The summed E-state index contributed by atoms with van der Waals surface area (Å²) in [5.41, 5.74) is 2.44. The monoisotopic (exact) mass is 203 g/mol. The Hall–Kier alpha value is -1.60. The maximum absolute atomic E-state index is 10.4. The molecule has 1 aromatic carbocycles. The van der Waals surface area contributed by atoms with Crippen molar-refractivity contribution in [1.82, 2.24) is 0 Å². The summed E-state index contributed by atoms with van der Waals surface area (Å²) in [5, 5.41) is 9.83. The number of phenolic OH excluding ortho intramolecular Hbond substituents is 1. The van der Waals surface area contributed by atoms with E-state index in [0.717, 1.165) is 29.5 Å². The number of phenols is 1. The number of rotatable bonds is 2. The van der Waals surface area contributed by atoms with Gasteiger partial charge in [0.25, 0.3) is 0 Å². The van der Waals surface area contributed by atoms with Crippen LogP contribution >= 0.6 is 0 Å². The molecule has 1 fully saturated rings. The highest BCUT2D eigenvalue weighted by Crippen LogP contribution is 2.53. The number of carbonyl (C=O) groups excluding carboxylic acids is 1. The topological polar surface area (TPSA) is 49.7 Å². The van der Waals surface area contributed by atoms with E-state index >= 15 is 0 Å². The summed E-state index contributed by atoms with van der Waals surface area (Å²) in [6.07, 6.45) is 3.25. The van der Waals surface area contributed by atoms with Crippen LogP contribution in [0.2, 0.25) is 0 Å². The molecule has 0 saturated heterocycles. The Morgan fingerprint density at radius 1 is 1.40 bits per heavy atom. The zero-order valence-corrected chi connectivity index (χ0v) is 8.87. The maximum Gasteiger partial charge on any atom is 0.235 e. The molecule has 0 atom stereocenters. The molecule has 0 heterocycles. The van der Waals surface area contributed by atoms with E-state index < -0.39 is 5.54 Å². The normalized spacial score (nSPS) is 16.9. The molecule has 1 aliphatic carbocycles. The Labute approximate surface area is 88.5 Å². The van der Waals surface area contributed by atoms with Crippen molar-refractivity contribution >= 4 is 6.08 Å². The predicted molar refractivity (Wildman–Crippen MR) is 56.6 cm³/mol. The van der Waals surface area contributed by atoms with E-state index in [1.165, 1.54) is 0 Å². The number of aryl methyl sites for hydroxylation is 1. The third-order valence-electron chi connectivity index (χ3n) is 3.16. The van der Waals surface area contributed by atoms with Gasteiger partial charge in [-0.2, -0.15) is 4.99 Å². The lowest BCUT2D eigenvalue weighted by Gasteiger charge is -2.15. The Morgan fingerprint density at radius 2 is 2.07 bits per heavy atom. The van der Waals surface area contributed by atoms with Gasteiger partial charge in [-0.05, 0) is 43.9 Å².